The maximum Gasteiger partial charge on any atom is 0.0619 e. The minimum atomic E-state index is 1.05. The summed E-state index contributed by atoms with van der Waals surface area (Å²) in [4.78, 5) is 4.73. The van der Waals surface area contributed by atoms with Gasteiger partial charge in [0.05, 0.1) is 22.4 Å². The standard InChI is InChI=1S/C100H70N4/c1-9-25-71(26-10-1)75-41-51-85(52-42-75)101(86-53-43-76(44-54-86)72-27-11-2-12-28-72)89-59-63-91(64-60-89)103-95-67-49-83(69-93(95)97(79-33-17-5-18-34-79)99(103)81-37-21-7-22-38-81)84-50-68-96-94(70-84)98(80-35-19-6-20-36-80)100(82-39-23-8-24-40-82)104(96)92-65-61-90(62-66-92)102(87-55-45-77(46-56-87)73-29-13-3-14-30-73)88-57-47-78(48-58-88)74-31-15-4-16-32-74/h1-70H. The summed E-state index contributed by atoms with van der Waals surface area (Å²) in [6.07, 6.45) is 0. The highest BCUT2D eigenvalue weighted by atomic mass is 15.1. The molecule has 0 aliphatic rings. The van der Waals surface area contributed by atoms with Gasteiger partial charge >= 0.3 is 0 Å². The summed E-state index contributed by atoms with van der Waals surface area (Å²) in [6, 6.07) is 154. The van der Waals surface area contributed by atoms with Gasteiger partial charge in [0.1, 0.15) is 0 Å². The SMILES string of the molecule is c1ccc(-c2ccc(N(c3ccc(-c4ccccc4)cc3)c3ccc(-n4c(-c5ccccc5)c(-c5ccccc5)c5cc(-c6ccc7c(c6)c(-c6ccccc6)c(-c6ccccc6)n7-c6ccc(N(c7ccc(-c8ccccc8)cc7)c7ccc(-c8ccccc8)cc7)cc6)ccc54)cc3)cc2)cc1. The van der Waals surface area contributed by atoms with Gasteiger partial charge in [-0.05, 0) is 199 Å². The maximum atomic E-state index is 2.48. The molecule has 4 nitrogen and oxygen atoms in total. The molecule has 0 aliphatic carbocycles. The first-order valence-corrected chi connectivity index (χ1v) is 35.6. The van der Waals surface area contributed by atoms with Gasteiger partial charge in [0, 0.05) is 67.4 Å². The van der Waals surface area contributed by atoms with Crippen LogP contribution in [0.15, 0.2) is 425 Å². The monoisotopic (exact) mass is 1330 g/mol. The number of benzene rings is 16. The van der Waals surface area contributed by atoms with E-state index in [4.69, 9.17) is 0 Å². The van der Waals surface area contributed by atoms with Crippen LogP contribution in [0.1, 0.15) is 0 Å². The van der Waals surface area contributed by atoms with Gasteiger partial charge in [0.25, 0.3) is 0 Å². The first kappa shape index (κ1) is 62.5. The number of anilines is 6. The molecule has 0 radical (unpaired) electrons. The number of nitrogens with zero attached hydrogens (tertiary/aromatic N) is 4. The first-order chi connectivity index (χ1) is 51.6. The van der Waals surface area contributed by atoms with Gasteiger partial charge in [0.15, 0.2) is 0 Å². The summed E-state index contributed by atoms with van der Waals surface area (Å²) >= 11 is 0. The van der Waals surface area contributed by atoms with Crippen molar-refractivity contribution < 1.29 is 0 Å². The van der Waals surface area contributed by atoms with E-state index in [-0.39, 0.29) is 0 Å². The smallest absolute Gasteiger partial charge is 0.0619 e. The van der Waals surface area contributed by atoms with Crippen molar-refractivity contribution in [3.8, 4) is 112 Å². The van der Waals surface area contributed by atoms with Crippen molar-refractivity contribution in [1.82, 2.24) is 9.13 Å². The van der Waals surface area contributed by atoms with Crippen molar-refractivity contribution in [3.63, 3.8) is 0 Å². The zero-order valence-corrected chi connectivity index (χ0v) is 57.2. The molecule has 0 saturated heterocycles. The van der Waals surface area contributed by atoms with Crippen LogP contribution in [0.4, 0.5) is 34.1 Å². The van der Waals surface area contributed by atoms with E-state index in [1.54, 1.807) is 0 Å². The lowest BCUT2D eigenvalue weighted by Gasteiger charge is -2.26. The second-order valence-corrected chi connectivity index (χ2v) is 26.4. The summed E-state index contributed by atoms with van der Waals surface area (Å²) in [5, 5.41) is 2.32. The molecular formula is C100H70N4. The molecule has 0 aliphatic heterocycles. The van der Waals surface area contributed by atoms with Crippen LogP contribution in [0, 0.1) is 0 Å². The van der Waals surface area contributed by atoms with Crippen LogP contribution in [0.3, 0.4) is 0 Å². The Hall–Kier alpha value is -13.8. The Labute approximate surface area is 607 Å². The van der Waals surface area contributed by atoms with E-state index < -0.39 is 0 Å². The molecule has 0 fully saturated rings. The number of hydrogen-bond acceptors (Lipinski definition) is 2. The zero-order valence-electron chi connectivity index (χ0n) is 57.2. The zero-order chi connectivity index (χ0) is 69.1. The normalized spacial score (nSPS) is 11.3. The summed E-state index contributed by atoms with van der Waals surface area (Å²) in [7, 11) is 0. The molecular weight excluding hydrogens is 1260 g/mol. The van der Waals surface area contributed by atoms with Crippen LogP contribution in [-0.4, -0.2) is 9.13 Å². The van der Waals surface area contributed by atoms with Crippen molar-refractivity contribution in [1.29, 1.82) is 0 Å². The maximum absolute atomic E-state index is 2.48. The highest BCUT2D eigenvalue weighted by Gasteiger charge is 2.26. The third kappa shape index (κ3) is 12.0. The Morgan fingerprint density at radius 1 is 0.154 bits per heavy atom. The largest absolute Gasteiger partial charge is 0.311 e. The Kier molecular flexibility index (Phi) is 16.6. The summed E-state index contributed by atoms with van der Waals surface area (Å²) in [5.74, 6) is 0. The van der Waals surface area contributed by atoms with Crippen molar-refractivity contribution in [2.45, 2.75) is 0 Å². The van der Waals surface area contributed by atoms with Crippen LogP contribution in [0.5, 0.6) is 0 Å². The average molecular weight is 1330 g/mol. The van der Waals surface area contributed by atoms with Crippen LogP contribution in [0.25, 0.3) is 134 Å². The Balaban J connectivity index is 0.770. The highest BCUT2D eigenvalue weighted by Crippen LogP contribution is 2.49. The molecule has 104 heavy (non-hydrogen) atoms. The van der Waals surface area contributed by atoms with Crippen molar-refractivity contribution >= 4 is 55.9 Å². The molecule has 16 aromatic carbocycles. The fourth-order valence-electron chi connectivity index (χ4n) is 15.1. The molecule has 0 atom stereocenters. The van der Waals surface area contributed by atoms with Crippen LogP contribution >= 0.6 is 0 Å². The summed E-state index contributed by atoms with van der Waals surface area (Å²) < 4.78 is 4.95. The molecule has 18 rings (SSSR count). The van der Waals surface area contributed by atoms with E-state index in [0.717, 1.165) is 112 Å². The molecule has 490 valence electrons. The molecule has 2 heterocycles. The van der Waals surface area contributed by atoms with E-state index in [2.05, 4.69) is 444 Å². The molecule has 2 aromatic heterocycles. The van der Waals surface area contributed by atoms with Crippen LogP contribution in [0.2, 0.25) is 0 Å². The Bertz CT molecular complexity index is 5420. The molecule has 4 heteroatoms. The number of fused-ring (bicyclic) bond motifs is 2. The van der Waals surface area contributed by atoms with Gasteiger partial charge in [-0.25, -0.2) is 0 Å². The van der Waals surface area contributed by atoms with E-state index in [1.165, 1.54) is 55.6 Å². The lowest BCUT2D eigenvalue weighted by Crippen LogP contribution is -2.10. The van der Waals surface area contributed by atoms with E-state index in [1.807, 2.05) is 0 Å². The van der Waals surface area contributed by atoms with E-state index in [0.29, 0.717) is 0 Å². The minimum absolute atomic E-state index is 1.05. The predicted octanol–water partition coefficient (Wildman–Crippen LogP) is 27.5. The number of rotatable bonds is 17. The quantitative estimate of drug-likeness (QED) is 0.0903. The van der Waals surface area contributed by atoms with Gasteiger partial charge < -0.3 is 18.9 Å². The van der Waals surface area contributed by atoms with E-state index >= 15 is 0 Å². The number of hydrogen-bond donors (Lipinski definition) is 0. The number of aromatic nitrogens is 2. The van der Waals surface area contributed by atoms with Crippen molar-refractivity contribution in [3.05, 3.63) is 425 Å². The molecule has 18 aromatic rings. The molecule has 0 saturated carbocycles. The lowest BCUT2D eigenvalue weighted by molar-refractivity contribution is 1.13. The molecule has 0 bridgehead atoms. The second kappa shape index (κ2) is 27.7. The van der Waals surface area contributed by atoms with Crippen LogP contribution in [-0.2, 0) is 0 Å². The fraction of sp³-hybridized carbons (Fsp3) is 0. The molecule has 0 spiro atoms. The van der Waals surface area contributed by atoms with Gasteiger partial charge in [-0.15, -0.1) is 0 Å². The highest BCUT2D eigenvalue weighted by molar-refractivity contribution is 6.10. The third-order valence-corrected chi connectivity index (χ3v) is 20.1. The molecule has 0 unspecified atom stereocenters. The average Bonchev–Trinajstić information content (AvgIpc) is 1.57. The summed E-state index contributed by atoms with van der Waals surface area (Å²) in [5.41, 5.74) is 31.6. The summed E-state index contributed by atoms with van der Waals surface area (Å²) in [6.45, 7) is 0. The molecule has 0 N–H and O–H groups in total. The lowest BCUT2D eigenvalue weighted by atomic mass is 9.94. The molecule has 0 amide bonds. The van der Waals surface area contributed by atoms with Crippen molar-refractivity contribution in [2.24, 2.45) is 0 Å². The van der Waals surface area contributed by atoms with Gasteiger partial charge in [-0.2, -0.15) is 0 Å². The topological polar surface area (TPSA) is 16.3 Å². The van der Waals surface area contributed by atoms with Crippen molar-refractivity contribution in [2.75, 3.05) is 9.80 Å². The minimum Gasteiger partial charge on any atom is -0.311 e. The fourth-order valence-corrected chi connectivity index (χ4v) is 15.1. The Morgan fingerprint density at radius 2 is 0.346 bits per heavy atom. The third-order valence-electron chi connectivity index (χ3n) is 20.1. The van der Waals surface area contributed by atoms with Gasteiger partial charge in [-0.3, -0.25) is 0 Å². The first-order valence-electron chi connectivity index (χ1n) is 35.6. The second-order valence-electron chi connectivity index (χ2n) is 26.4. The van der Waals surface area contributed by atoms with Gasteiger partial charge in [0.2, 0.25) is 0 Å². The van der Waals surface area contributed by atoms with Gasteiger partial charge in [-0.1, -0.05) is 303 Å². The van der Waals surface area contributed by atoms with E-state index in [9.17, 15) is 0 Å². The van der Waals surface area contributed by atoms with Crippen LogP contribution < -0.4 is 9.80 Å². The Morgan fingerprint density at radius 3 is 0.587 bits per heavy atom. The predicted molar refractivity (Wildman–Crippen MR) is 438 cm³/mol.